The Kier molecular flexibility index (Phi) is 5.16. The van der Waals surface area contributed by atoms with Gasteiger partial charge in [0.05, 0.1) is 25.7 Å². The Hall–Kier alpha value is -2.33. The van der Waals surface area contributed by atoms with E-state index < -0.39 is 6.10 Å². The van der Waals surface area contributed by atoms with Crippen LogP contribution < -0.4 is 4.74 Å². The second kappa shape index (κ2) is 7.49. The summed E-state index contributed by atoms with van der Waals surface area (Å²) in [4.78, 5) is 14.6. The summed E-state index contributed by atoms with van der Waals surface area (Å²) in [6.07, 6.45) is 1.32. The fraction of sp³-hybridized carbons (Fsp3) is 0.350. The van der Waals surface area contributed by atoms with Gasteiger partial charge in [-0.1, -0.05) is 42.5 Å². The largest absolute Gasteiger partial charge is 0.497 e. The molecule has 1 amide bonds. The predicted molar refractivity (Wildman–Crippen MR) is 92.7 cm³/mol. The first-order chi connectivity index (χ1) is 11.7. The minimum Gasteiger partial charge on any atom is -0.497 e. The summed E-state index contributed by atoms with van der Waals surface area (Å²) in [5.74, 6) is 0.818. The summed E-state index contributed by atoms with van der Waals surface area (Å²) >= 11 is 0. The number of ether oxygens (including phenoxy) is 1. The van der Waals surface area contributed by atoms with Crippen LogP contribution in [0.5, 0.6) is 5.75 Å². The molecule has 4 nitrogen and oxygen atoms in total. The van der Waals surface area contributed by atoms with Gasteiger partial charge in [-0.3, -0.25) is 4.79 Å². The van der Waals surface area contributed by atoms with Gasteiger partial charge in [0.2, 0.25) is 5.91 Å². The lowest BCUT2D eigenvalue weighted by molar-refractivity contribution is -0.134. The molecule has 1 saturated heterocycles. The summed E-state index contributed by atoms with van der Waals surface area (Å²) in [5, 5.41) is 10.3. The monoisotopic (exact) mass is 325 g/mol. The second-order valence-electron chi connectivity index (χ2n) is 6.15. The van der Waals surface area contributed by atoms with E-state index in [0.29, 0.717) is 0 Å². The molecule has 24 heavy (non-hydrogen) atoms. The van der Waals surface area contributed by atoms with Crippen LogP contribution in [0.15, 0.2) is 54.6 Å². The van der Waals surface area contributed by atoms with Gasteiger partial charge < -0.3 is 14.7 Å². The number of rotatable bonds is 5. The van der Waals surface area contributed by atoms with Gasteiger partial charge in [0.15, 0.2) is 0 Å². The van der Waals surface area contributed by atoms with Crippen LogP contribution in [0.4, 0.5) is 0 Å². The van der Waals surface area contributed by atoms with Crippen molar-refractivity contribution in [1.29, 1.82) is 0 Å². The molecule has 0 saturated carbocycles. The number of hydrogen-bond acceptors (Lipinski definition) is 3. The Morgan fingerprint density at radius 1 is 1.21 bits per heavy atom. The normalized spacial score (nSPS) is 18.4. The Morgan fingerprint density at radius 3 is 2.58 bits per heavy atom. The van der Waals surface area contributed by atoms with E-state index in [1.54, 1.807) is 7.11 Å². The highest BCUT2D eigenvalue weighted by atomic mass is 16.5. The van der Waals surface area contributed by atoms with E-state index in [1.165, 1.54) is 0 Å². The zero-order valence-corrected chi connectivity index (χ0v) is 13.9. The molecule has 0 aliphatic carbocycles. The number of aliphatic hydroxyl groups is 1. The van der Waals surface area contributed by atoms with Crippen molar-refractivity contribution in [3.63, 3.8) is 0 Å². The average Bonchev–Trinajstić information content (AvgIpc) is 3.12. The smallest absolute Gasteiger partial charge is 0.226 e. The van der Waals surface area contributed by atoms with E-state index in [-0.39, 0.29) is 18.4 Å². The molecule has 1 N–H and O–H groups in total. The van der Waals surface area contributed by atoms with Crippen molar-refractivity contribution in [2.24, 2.45) is 0 Å². The Bertz CT molecular complexity index is 669. The van der Waals surface area contributed by atoms with Crippen LogP contribution in [0, 0.1) is 0 Å². The van der Waals surface area contributed by atoms with Gasteiger partial charge in [-0.15, -0.1) is 0 Å². The minimum absolute atomic E-state index is 0.00433. The van der Waals surface area contributed by atoms with Crippen molar-refractivity contribution >= 4 is 5.91 Å². The summed E-state index contributed by atoms with van der Waals surface area (Å²) < 4.78 is 5.19. The predicted octanol–water partition coefficient (Wildman–Crippen LogP) is 3.48. The molecule has 0 radical (unpaired) electrons. The Morgan fingerprint density at radius 2 is 1.92 bits per heavy atom. The minimum atomic E-state index is -0.754. The topological polar surface area (TPSA) is 49.8 Å². The van der Waals surface area contributed by atoms with Gasteiger partial charge in [0.25, 0.3) is 0 Å². The first-order valence-electron chi connectivity index (χ1n) is 8.35. The zero-order chi connectivity index (χ0) is 16.9. The molecule has 126 valence electrons. The molecule has 2 aromatic carbocycles. The number of hydrogen-bond donors (Lipinski definition) is 1. The number of carbonyl (C=O) groups excluding carboxylic acids is 1. The van der Waals surface area contributed by atoms with E-state index in [1.807, 2.05) is 59.5 Å². The molecule has 0 spiro atoms. The van der Waals surface area contributed by atoms with Crippen LogP contribution in [-0.2, 0) is 4.79 Å². The van der Waals surface area contributed by atoms with Gasteiger partial charge in [-0.05, 0) is 36.1 Å². The molecule has 2 unspecified atom stereocenters. The van der Waals surface area contributed by atoms with Crippen LogP contribution in [0.25, 0.3) is 0 Å². The van der Waals surface area contributed by atoms with E-state index in [4.69, 9.17) is 4.74 Å². The molecule has 3 rings (SSSR count). The molecular weight excluding hydrogens is 302 g/mol. The van der Waals surface area contributed by atoms with Crippen LogP contribution in [0.2, 0.25) is 0 Å². The lowest BCUT2D eigenvalue weighted by atomic mass is 10.0. The standard InChI is InChI=1S/C20H23NO3/c1-24-17-11-9-15(10-12-17)18-8-5-13-21(18)20(23)14-19(22)16-6-3-2-4-7-16/h2-4,6-7,9-12,18-19,22H,5,8,13-14H2,1H3. The summed E-state index contributed by atoms with van der Waals surface area (Å²) in [7, 11) is 1.64. The molecule has 2 atom stereocenters. The van der Waals surface area contributed by atoms with E-state index in [0.717, 1.165) is 36.3 Å². The highest BCUT2D eigenvalue weighted by Crippen LogP contribution is 2.34. The van der Waals surface area contributed by atoms with Gasteiger partial charge >= 0.3 is 0 Å². The highest BCUT2D eigenvalue weighted by Gasteiger charge is 2.30. The van der Waals surface area contributed by atoms with Crippen molar-refractivity contribution < 1.29 is 14.6 Å². The second-order valence-corrected chi connectivity index (χ2v) is 6.15. The molecule has 2 aromatic rings. The number of methoxy groups -OCH3 is 1. The third-order valence-electron chi connectivity index (χ3n) is 4.63. The summed E-state index contributed by atoms with van der Waals surface area (Å²) in [6.45, 7) is 0.747. The van der Waals surface area contributed by atoms with Gasteiger partial charge in [-0.25, -0.2) is 0 Å². The number of likely N-dealkylation sites (tertiary alicyclic amines) is 1. The molecule has 4 heteroatoms. The molecular formula is C20H23NO3. The quantitative estimate of drug-likeness (QED) is 0.915. The molecule has 1 fully saturated rings. The molecule has 1 aliphatic rings. The molecule has 1 heterocycles. The number of amides is 1. The Balaban J connectivity index is 1.69. The SMILES string of the molecule is COc1ccc(C2CCCN2C(=O)CC(O)c2ccccc2)cc1. The van der Waals surface area contributed by atoms with Crippen molar-refractivity contribution in [2.45, 2.75) is 31.4 Å². The number of benzene rings is 2. The maximum atomic E-state index is 12.7. The third-order valence-corrected chi connectivity index (χ3v) is 4.63. The van der Waals surface area contributed by atoms with Crippen molar-refractivity contribution in [2.75, 3.05) is 13.7 Å². The number of carbonyl (C=O) groups is 1. The highest BCUT2D eigenvalue weighted by molar-refractivity contribution is 5.77. The fourth-order valence-corrected chi connectivity index (χ4v) is 3.31. The Labute approximate surface area is 142 Å². The van der Waals surface area contributed by atoms with Crippen molar-refractivity contribution in [3.8, 4) is 5.75 Å². The number of aliphatic hydroxyl groups excluding tert-OH is 1. The molecule has 1 aliphatic heterocycles. The van der Waals surface area contributed by atoms with Crippen LogP contribution in [0.1, 0.15) is 42.5 Å². The summed E-state index contributed by atoms with van der Waals surface area (Å²) in [6, 6.07) is 17.3. The van der Waals surface area contributed by atoms with Gasteiger partial charge in [0.1, 0.15) is 5.75 Å². The van der Waals surface area contributed by atoms with E-state index in [9.17, 15) is 9.90 Å². The van der Waals surface area contributed by atoms with Gasteiger partial charge in [-0.2, -0.15) is 0 Å². The van der Waals surface area contributed by atoms with Gasteiger partial charge in [0, 0.05) is 6.54 Å². The molecule has 0 bridgehead atoms. The summed E-state index contributed by atoms with van der Waals surface area (Å²) in [5.41, 5.74) is 1.90. The lowest BCUT2D eigenvalue weighted by Gasteiger charge is -2.26. The van der Waals surface area contributed by atoms with Crippen molar-refractivity contribution in [1.82, 2.24) is 4.90 Å². The zero-order valence-electron chi connectivity index (χ0n) is 13.9. The average molecular weight is 325 g/mol. The van der Waals surface area contributed by atoms with E-state index >= 15 is 0 Å². The first kappa shape index (κ1) is 16.5. The molecule has 0 aromatic heterocycles. The third kappa shape index (κ3) is 3.60. The maximum Gasteiger partial charge on any atom is 0.226 e. The maximum absolute atomic E-state index is 12.7. The number of nitrogens with zero attached hydrogens (tertiary/aromatic N) is 1. The fourth-order valence-electron chi connectivity index (χ4n) is 3.31. The van der Waals surface area contributed by atoms with E-state index in [2.05, 4.69) is 0 Å². The van der Waals surface area contributed by atoms with Crippen LogP contribution in [0.3, 0.4) is 0 Å². The van der Waals surface area contributed by atoms with Crippen molar-refractivity contribution in [3.05, 3.63) is 65.7 Å². The van der Waals surface area contributed by atoms with Crippen LogP contribution in [-0.4, -0.2) is 29.6 Å². The lowest BCUT2D eigenvalue weighted by Crippen LogP contribution is -2.31. The van der Waals surface area contributed by atoms with Crippen LogP contribution >= 0.6 is 0 Å². The first-order valence-corrected chi connectivity index (χ1v) is 8.35.